The predicted molar refractivity (Wildman–Crippen MR) is 105 cm³/mol. The molecule has 2 rings (SSSR count). The largest absolute Gasteiger partial charge is 0.356 e. The SMILES string of the molecule is CCCN1CCC(CNC(=NC)NCc2cc(F)ccc2F)C1.I. The lowest BCUT2D eigenvalue weighted by Gasteiger charge is -2.17. The second kappa shape index (κ2) is 10.8. The van der Waals surface area contributed by atoms with Crippen molar-refractivity contribution in [2.24, 2.45) is 10.9 Å². The Hall–Kier alpha value is -0.960. The molecule has 1 unspecified atom stereocenters. The van der Waals surface area contributed by atoms with E-state index in [-0.39, 0.29) is 30.5 Å². The van der Waals surface area contributed by atoms with Crippen LogP contribution in [0, 0.1) is 17.6 Å². The molecule has 0 saturated carbocycles. The Balaban J connectivity index is 0.00000288. The summed E-state index contributed by atoms with van der Waals surface area (Å²) in [5.74, 6) is 0.363. The highest BCUT2D eigenvalue weighted by molar-refractivity contribution is 14.0. The first kappa shape index (κ1) is 21.1. The molecule has 0 spiro atoms. The van der Waals surface area contributed by atoms with Gasteiger partial charge in [0.05, 0.1) is 0 Å². The van der Waals surface area contributed by atoms with E-state index >= 15 is 0 Å². The number of nitrogens with zero attached hydrogens (tertiary/aromatic N) is 2. The fraction of sp³-hybridized carbons (Fsp3) is 0.588. The summed E-state index contributed by atoms with van der Waals surface area (Å²) < 4.78 is 26.8. The summed E-state index contributed by atoms with van der Waals surface area (Å²) >= 11 is 0. The third-order valence-electron chi connectivity index (χ3n) is 4.15. The number of rotatable bonds is 6. The molecule has 7 heteroatoms. The number of hydrogen-bond acceptors (Lipinski definition) is 2. The van der Waals surface area contributed by atoms with Gasteiger partial charge in [0.2, 0.25) is 0 Å². The van der Waals surface area contributed by atoms with Gasteiger partial charge in [-0.3, -0.25) is 4.99 Å². The van der Waals surface area contributed by atoms with Crippen LogP contribution in [0.15, 0.2) is 23.2 Å². The van der Waals surface area contributed by atoms with Crippen molar-refractivity contribution in [2.75, 3.05) is 33.2 Å². The van der Waals surface area contributed by atoms with Gasteiger partial charge < -0.3 is 15.5 Å². The third-order valence-corrected chi connectivity index (χ3v) is 4.15. The Morgan fingerprint density at radius 1 is 1.33 bits per heavy atom. The van der Waals surface area contributed by atoms with Gasteiger partial charge in [0.1, 0.15) is 11.6 Å². The van der Waals surface area contributed by atoms with Crippen LogP contribution in [0.1, 0.15) is 25.3 Å². The highest BCUT2D eigenvalue weighted by Crippen LogP contribution is 2.15. The number of nitrogens with one attached hydrogen (secondary N) is 2. The molecule has 1 aliphatic heterocycles. The maximum atomic E-state index is 13.6. The van der Waals surface area contributed by atoms with Gasteiger partial charge in [0.25, 0.3) is 0 Å². The van der Waals surface area contributed by atoms with Crippen molar-refractivity contribution in [3.8, 4) is 0 Å². The Labute approximate surface area is 160 Å². The molecule has 0 aliphatic carbocycles. The second-order valence-electron chi connectivity index (χ2n) is 6.00. The van der Waals surface area contributed by atoms with E-state index in [0.29, 0.717) is 17.4 Å². The first-order valence-electron chi connectivity index (χ1n) is 8.23. The van der Waals surface area contributed by atoms with Gasteiger partial charge in [-0.2, -0.15) is 0 Å². The Bertz CT molecular complexity index is 539. The number of likely N-dealkylation sites (tertiary alicyclic amines) is 1. The molecule has 2 N–H and O–H groups in total. The lowest BCUT2D eigenvalue weighted by atomic mass is 10.1. The van der Waals surface area contributed by atoms with Crippen LogP contribution in [0.5, 0.6) is 0 Å². The molecule has 0 amide bonds. The second-order valence-corrected chi connectivity index (χ2v) is 6.00. The van der Waals surface area contributed by atoms with Crippen LogP contribution in [0.25, 0.3) is 0 Å². The topological polar surface area (TPSA) is 39.7 Å². The summed E-state index contributed by atoms with van der Waals surface area (Å²) in [4.78, 5) is 6.61. The van der Waals surface area contributed by atoms with Crippen LogP contribution in [-0.2, 0) is 6.54 Å². The molecule has 1 atom stereocenters. The predicted octanol–water partition coefficient (Wildman–Crippen LogP) is 2.98. The van der Waals surface area contributed by atoms with Gasteiger partial charge in [-0.15, -0.1) is 24.0 Å². The minimum atomic E-state index is -0.437. The number of guanidine groups is 1. The van der Waals surface area contributed by atoms with Crippen LogP contribution < -0.4 is 10.6 Å². The molecular formula is C17H27F2IN4. The van der Waals surface area contributed by atoms with E-state index in [4.69, 9.17) is 0 Å². The van der Waals surface area contributed by atoms with E-state index < -0.39 is 11.6 Å². The lowest BCUT2D eigenvalue weighted by molar-refractivity contribution is 0.324. The maximum absolute atomic E-state index is 13.6. The molecular weight excluding hydrogens is 425 g/mol. The summed E-state index contributed by atoms with van der Waals surface area (Å²) in [6, 6.07) is 3.46. The molecule has 1 aromatic rings. The fourth-order valence-electron chi connectivity index (χ4n) is 2.92. The zero-order chi connectivity index (χ0) is 16.7. The van der Waals surface area contributed by atoms with E-state index in [0.717, 1.165) is 38.3 Å². The molecule has 0 bridgehead atoms. The monoisotopic (exact) mass is 452 g/mol. The number of benzene rings is 1. The summed E-state index contributed by atoms with van der Waals surface area (Å²) in [6.45, 7) is 6.66. The maximum Gasteiger partial charge on any atom is 0.191 e. The van der Waals surface area contributed by atoms with E-state index in [1.807, 2.05) is 0 Å². The van der Waals surface area contributed by atoms with Crippen molar-refractivity contribution in [3.63, 3.8) is 0 Å². The van der Waals surface area contributed by atoms with E-state index in [1.165, 1.54) is 18.9 Å². The zero-order valence-electron chi connectivity index (χ0n) is 14.3. The Morgan fingerprint density at radius 3 is 2.83 bits per heavy atom. The van der Waals surface area contributed by atoms with E-state index in [2.05, 4.69) is 27.4 Å². The number of aliphatic imine (C=N–C) groups is 1. The highest BCUT2D eigenvalue weighted by atomic mass is 127. The molecule has 1 aromatic carbocycles. The van der Waals surface area contributed by atoms with Gasteiger partial charge in [0.15, 0.2) is 5.96 Å². The fourth-order valence-corrected chi connectivity index (χ4v) is 2.92. The Kier molecular flexibility index (Phi) is 9.50. The van der Waals surface area contributed by atoms with Gasteiger partial charge in [-0.1, -0.05) is 6.92 Å². The normalized spacial score (nSPS) is 18.3. The van der Waals surface area contributed by atoms with Crippen LogP contribution >= 0.6 is 24.0 Å². The first-order valence-corrected chi connectivity index (χ1v) is 8.23. The molecule has 1 aliphatic rings. The minimum absolute atomic E-state index is 0. The van der Waals surface area contributed by atoms with Crippen LogP contribution in [0.2, 0.25) is 0 Å². The van der Waals surface area contributed by atoms with Crippen molar-refractivity contribution in [2.45, 2.75) is 26.3 Å². The van der Waals surface area contributed by atoms with E-state index in [1.54, 1.807) is 7.05 Å². The van der Waals surface area contributed by atoms with Gasteiger partial charge in [-0.05, 0) is 50.0 Å². The summed E-state index contributed by atoms with van der Waals surface area (Å²) in [7, 11) is 1.68. The lowest BCUT2D eigenvalue weighted by Crippen LogP contribution is -2.40. The number of halogens is 3. The first-order chi connectivity index (χ1) is 11.1. The quantitative estimate of drug-likeness (QED) is 0.396. The molecule has 4 nitrogen and oxygen atoms in total. The van der Waals surface area contributed by atoms with Gasteiger partial charge in [0, 0.05) is 32.2 Å². The van der Waals surface area contributed by atoms with E-state index in [9.17, 15) is 8.78 Å². The minimum Gasteiger partial charge on any atom is -0.356 e. The molecule has 0 radical (unpaired) electrons. The van der Waals surface area contributed by atoms with Crippen molar-refractivity contribution < 1.29 is 8.78 Å². The van der Waals surface area contributed by atoms with Crippen molar-refractivity contribution >= 4 is 29.9 Å². The van der Waals surface area contributed by atoms with Crippen LogP contribution in [-0.4, -0.2) is 44.1 Å². The zero-order valence-corrected chi connectivity index (χ0v) is 16.6. The Morgan fingerprint density at radius 2 is 2.12 bits per heavy atom. The van der Waals surface area contributed by atoms with Gasteiger partial charge >= 0.3 is 0 Å². The molecule has 136 valence electrons. The molecule has 24 heavy (non-hydrogen) atoms. The third kappa shape index (κ3) is 6.51. The summed E-state index contributed by atoms with van der Waals surface area (Å²) in [5.41, 5.74) is 0.294. The molecule has 0 aromatic heterocycles. The van der Waals surface area contributed by atoms with Crippen molar-refractivity contribution in [1.82, 2.24) is 15.5 Å². The highest BCUT2D eigenvalue weighted by Gasteiger charge is 2.21. The average Bonchev–Trinajstić information content (AvgIpc) is 2.98. The molecule has 1 heterocycles. The average molecular weight is 452 g/mol. The van der Waals surface area contributed by atoms with Crippen LogP contribution in [0.3, 0.4) is 0 Å². The molecule has 1 fully saturated rings. The summed E-state index contributed by atoms with van der Waals surface area (Å²) in [5, 5.41) is 6.31. The van der Waals surface area contributed by atoms with Crippen molar-refractivity contribution in [1.29, 1.82) is 0 Å². The van der Waals surface area contributed by atoms with Crippen molar-refractivity contribution in [3.05, 3.63) is 35.4 Å². The smallest absolute Gasteiger partial charge is 0.191 e. The standard InChI is InChI=1S/C17H26F2N4.HI/c1-3-7-23-8-6-13(12-23)10-21-17(20-2)22-11-14-9-15(18)4-5-16(14)19;/h4-5,9,13H,3,6-8,10-12H2,1-2H3,(H2,20,21,22);1H. The van der Waals surface area contributed by atoms with Crippen LogP contribution in [0.4, 0.5) is 8.78 Å². The van der Waals surface area contributed by atoms with Gasteiger partial charge in [-0.25, -0.2) is 8.78 Å². The summed E-state index contributed by atoms with van der Waals surface area (Å²) in [6.07, 6.45) is 2.37. The molecule has 1 saturated heterocycles. The number of hydrogen-bond donors (Lipinski definition) is 2.